The summed E-state index contributed by atoms with van der Waals surface area (Å²) in [6.45, 7) is 9.52. The van der Waals surface area contributed by atoms with Crippen molar-refractivity contribution in [3.05, 3.63) is 22.4 Å². The van der Waals surface area contributed by atoms with Gasteiger partial charge < -0.3 is 0 Å². The van der Waals surface area contributed by atoms with Crippen molar-refractivity contribution >= 4 is 11.3 Å². The molecule has 1 aromatic heterocycles. The first-order valence-electron chi connectivity index (χ1n) is 13.1. The fraction of sp³-hybridized carbons (Fsp3) is 0.857. The minimum atomic E-state index is 0.389. The quantitative estimate of drug-likeness (QED) is 0.195. The van der Waals surface area contributed by atoms with Gasteiger partial charge in [0.2, 0.25) is 0 Å². The van der Waals surface area contributed by atoms with E-state index in [0.29, 0.717) is 5.41 Å². The van der Waals surface area contributed by atoms with Gasteiger partial charge in [0, 0.05) is 4.88 Å². The van der Waals surface area contributed by atoms with Crippen LogP contribution in [-0.4, -0.2) is 0 Å². The van der Waals surface area contributed by atoms with E-state index in [9.17, 15) is 0 Å². The van der Waals surface area contributed by atoms with E-state index in [1.54, 1.807) is 4.88 Å². The van der Waals surface area contributed by atoms with E-state index >= 15 is 0 Å². The smallest absolute Gasteiger partial charge is 0.00814 e. The van der Waals surface area contributed by atoms with Gasteiger partial charge in [-0.2, -0.15) is 0 Å². The molecule has 0 radical (unpaired) electrons. The Balaban J connectivity index is 1.86. The van der Waals surface area contributed by atoms with Crippen LogP contribution in [0.3, 0.4) is 0 Å². The molecular formula is C28H52S. The molecular weight excluding hydrogens is 368 g/mol. The first-order chi connectivity index (χ1) is 14.1. The highest BCUT2D eigenvalue weighted by Gasteiger charge is 2.26. The molecule has 0 saturated carbocycles. The first-order valence-corrected chi connectivity index (χ1v) is 14.0. The molecule has 170 valence electrons. The molecule has 1 rings (SSSR count). The zero-order valence-electron chi connectivity index (χ0n) is 20.4. The van der Waals surface area contributed by atoms with E-state index < -0.39 is 0 Å². The van der Waals surface area contributed by atoms with Gasteiger partial charge in [0.05, 0.1) is 0 Å². The van der Waals surface area contributed by atoms with Crippen molar-refractivity contribution < 1.29 is 0 Å². The molecule has 0 aromatic carbocycles. The standard InChI is InChI=1S/C28H52S/c1-5-6-7-8-9-10-11-12-13-14-15-16-17-18-19-20-21-23-26(28(2,3)4)27-24-22-25-29-27/h22,24-26H,5-21,23H2,1-4H3. The van der Waals surface area contributed by atoms with Crippen LogP contribution < -0.4 is 0 Å². The second-order valence-corrected chi connectivity index (χ2v) is 11.4. The van der Waals surface area contributed by atoms with Gasteiger partial charge in [-0.25, -0.2) is 0 Å². The molecule has 0 aliphatic rings. The summed E-state index contributed by atoms with van der Waals surface area (Å²) in [7, 11) is 0. The van der Waals surface area contributed by atoms with E-state index in [2.05, 4.69) is 45.2 Å². The molecule has 0 saturated heterocycles. The Morgan fingerprint density at radius 1 is 0.655 bits per heavy atom. The highest BCUT2D eigenvalue weighted by atomic mass is 32.1. The largest absolute Gasteiger partial charge is 0.149 e. The molecule has 0 bridgehead atoms. The summed E-state index contributed by atoms with van der Waals surface area (Å²) in [5, 5.41) is 2.24. The Morgan fingerprint density at radius 2 is 1.07 bits per heavy atom. The number of rotatable bonds is 19. The predicted octanol–water partition coefficient (Wildman–Crippen LogP) is 10.9. The second kappa shape index (κ2) is 17.4. The van der Waals surface area contributed by atoms with E-state index in [4.69, 9.17) is 0 Å². The molecule has 0 amide bonds. The molecule has 1 atom stereocenters. The molecule has 0 aliphatic heterocycles. The van der Waals surface area contributed by atoms with Crippen LogP contribution in [0, 0.1) is 5.41 Å². The lowest BCUT2D eigenvalue weighted by Gasteiger charge is -2.30. The number of hydrogen-bond donors (Lipinski definition) is 0. The van der Waals surface area contributed by atoms with Crippen molar-refractivity contribution in [1.29, 1.82) is 0 Å². The third-order valence-corrected chi connectivity index (χ3v) is 7.51. The first kappa shape index (κ1) is 26.7. The van der Waals surface area contributed by atoms with Crippen LogP contribution >= 0.6 is 11.3 Å². The lowest BCUT2D eigenvalue weighted by Crippen LogP contribution is -2.17. The minimum Gasteiger partial charge on any atom is -0.149 e. The fourth-order valence-electron chi connectivity index (χ4n) is 4.56. The second-order valence-electron chi connectivity index (χ2n) is 10.4. The van der Waals surface area contributed by atoms with Gasteiger partial charge in [0.15, 0.2) is 0 Å². The van der Waals surface area contributed by atoms with Gasteiger partial charge in [-0.15, -0.1) is 11.3 Å². The van der Waals surface area contributed by atoms with Crippen LogP contribution in [0.4, 0.5) is 0 Å². The maximum Gasteiger partial charge on any atom is 0.00814 e. The Morgan fingerprint density at radius 3 is 1.41 bits per heavy atom. The SMILES string of the molecule is CCCCCCCCCCCCCCCCCCCC(c1cccs1)C(C)(C)C. The van der Waals surface area contributed by atoms with Crippen LogP contribution in [0.5, 0.6) is 0 Å². The molecule has 0 fully saturated rings. The van der Waals surface area contributed by atoms with Gasteiger partial charge in [0.25, 0.3) is 0 Å². The molecule has 0 aliphatic carbocycles. The van der Waals surface area contributed by atoms with Gasteiger partial charge in [0.1, 0.15) is 0 Å². The van der Waals surface area contributed by atoms with Gasteiger partial charge in [-0.1, -0.05) is 143 Å². The van der Waals surface area contributed by atoms with Crippen molar-refractivity contribution in [3.63, 3.8) is 0 Å². The van der Waals surface area contributed by atoms with Crippen LogP contribution in [0.25, 0.3) is 0 Å². The lowest BCUT2D eigenvalue weighted by molar-refractivity contribution is 0.301. The monoisotopic (exact) mass is 420 g/mol. The zero-order chi connectivity index (χ0) is 21.2. The van der Waals surface area contributed by atoms with Crippen LogP contribution in [0.1, 0.15) is 154 Å². The van der Waals surface area contributed by atoms with Gasteiger partial charge in [-0.3, -0.25) is 0 Å². The van der Waals surface area contributed by atoms with Gasteiger partial charge >= 0.3 is 0 Å². The van der Waals surface area contributed by atoms with Gasteiger partial charge in [-0.05, 0) is 29.2 Å². The third kappa shape index (κ3) is 14.4. The van der Waals surface area contributed by atoms with E-state index in [0.717, 1.165) is 5.92 Å². The molecule has 1 aromatic rings. The minimum absolute atomic E-state index is 0.389. The normalized spacial score (nSPS) is 13.1. The Kier molecular flexibility index (Phi) is 16.0. The molecule has 0 nitrogen and oxygen atoms in total. The summed E-state index contributed by atoms with van der Waals surface area (Å²) in [4.78, 5) is 1.59. The van der Waals surface area contributed by atoms with Crippen LogP contribution in [0.2, 0.25) is 0 Å². The van der Waals surface area contributed by atoms with Crippen molar-refractivity contribution in [3.8, 4) is 0 Å². The predicted molar refractivity (Wildman–Crippen MR) is 135 cm³/mol. The summed E-state index contributed by atoms with van der Waals surface area (Å²) in [6.07, 6.45) is 26.1. The molecule has 1 heteroatoms. The third-order valence-electron chi connectivity index (χ3n) is 6.53. The summed E-state index contributed by atoms with van der Waals surface area (Å²) in [5.74, 6) is 0.735. The number of thiophene rings is 1. The fourth-order valence-corrected chi connectivity index (χ4v) is 5.67. The Hall–Kier alpha value is -0.300. The van der Waals surface area contributed by atoms with Crippen LogP contribution in [-0.2, 0) is 0 Å². The number of hydrogen-bond acceptors (Lipinski definition) is 1. The van der Waals surface area contributed by atoms with Crippen molar-refractivity contribution in [2.75, 3.05) is 0 Å². The Labute approximate surface area is 188 Å². The van der Waals surface area contributed by atoms with Crippen LogP contribution in [0.15, 0.2) is 17.5 Å². The van der Waals surface area contributed by atoms with Crippen molar-refractivity contribution in [1.82, 2.24) is 0 Å². The average Bonchev–Trinajstić information content (AvgIpc) is 3.20. The van der Waals surface area contributed by atoms with E-state index in [-0.39, 0.29) is 0 Å². The highest BCUT2D eigenvalue weighted by molar-refractivity contribution is 7.10. The van der Waals surface area contributed by atoms with Crippen molar-refractivity contribution in [2.24, 2.45) is 5.41 Å². The van der Waals surface area contributed by atoms with Crippen molar-refractivity contribution in [2.45, 2.75) is 149 Å². The molecule has 1 unspecified atom stereocenters. The maximum absolute atomic E-state index is 2.41. The maximum atomic E-state index is 2.41. The molecule has 29 heavy (non-hydrogen) atoms. The average molecular weight is 421 g/mol. The van der Waals surface area contributed by atoms with E-state index in [1.165, 1.54) is 116 Å². The summed E-state index contributed by atoms with van der Waals surface area (Å²) < 4.78 is 0. The molecule has 1 heterocycles. The Bertz CT molecular complexity index is 439. The van der Waals surface area contributed by atoms with E-state index in [1.807, 2.05) is 11.3 Å². The zero-order valence-corrected chi connectivity index (χ0v) is 21.3. The molecule has 0 N–H and O–H groups in total. The lowest BCUT2D eigenvalue weighted by atomic mass is 9.77. The summed E-state index contributed by atoms with van der Waals surface area (Å²) >= 11 is 1.95. The summed E-state index contributed by atoms with van der Waals surface area (Å²) in [6, 6.07) is 4.56. The highest BCUT2D eigenvalue weighted by Crippen LogP contribution is 2.40. The molecule has 0 spiro atoms. The number of unbranched alkanes of at least 4 members (excludes halogenated alkanes) is 16. The topological polar surface area (TPSA) is 0 Å². The summed E-state index contributed by atoms with van der Waals surface area (Å²) in [5.41, 5.74) is 0.389.